The van der Waals surface area contributed by atoms with Gasteiger partial charge in [-0.05, 0) is 42.8 Å². The van der Waals surface area contributed by atoms with Crippen molar-refractivity contribution in [3.8, 4) is 0 Å². The molecule has 2 rings (SSSR count). The summed E-state index contributed by atoms with van der Waals surface area (Å²) in [5.41, 5.74) is 0.807. The molecule has 0 bridgehead atoms. The van der Waals surface area contributed by atoms with Crippen molar-refractivity contribution in [2.45, 2.75) is 17.9 Å². The molecule has 0 aliphatic carbocycles. The Morgan fingerprint density at radius 2 is 1.80 bits per heavy atom. The van der Waals surface area contributed by atoms with Crippen molar-refractivity contribution in [3.63, 3.8) is 0 Å². The van der Waals surface area contributed by atoms with Crippen LogP contribution in [-0.4, -0.2) is 13.4 Å². The SMILES string of the molecule is C[C@H](NS(=O)(=O)c1cc(Cl)ccc1Cl)c1ccncc1. The van der Waals surface area contributed by atoms with Crippen LogP contribution in [0.1, 0.15) is 18.5 Å². The molecular formula is C13H12Cl2N2O2S. The number of benzene rings is 1. The van der Waals surface area contributed by atoms with Crippen LogP contribution in [-0.2, 0) is 10.0 Å². The van der Waals surface area contributed by atoms with Crippen molar-refractivity contribution in [3.05, 3.63) is 58.3 Å². The minimum absolute atomic E-state index is 0.0347. The van der Waals surface area contributed by atoms with E-state index >= 15 is 0 Å². The van der Waals surface area contributed by atoms with Crippen molar-refractivity contribution >= 4 is 33.2 Å². The van der Waals surface area contributed by atoms with Crippen molar-refractivity contribution < 1.29 is 8.42 Å². The third kappa shape index (κ3) is 3.49. The van der Waals surface area contributed by atoms with Crippen molar-refractivity contribution in [2.75, 3.05) is 0 Å². The van der Waals surface area contributed by atoms with E-state index < -0.39 is 16.1 Å². The zero-order valence-corrected chi connectivity index (χ0v) is 12.9. The van der Waals surface area contributed by atoms with Crippen LogP contribution in [0.5, 0.6) is 0 Å². The number of nitrogens with zero attached hydrogens (tertiary/aromatic N) is 1. The fraction of sp³-hybridized carbons (Fsp3) is 0.154. The van der Waals surface area contributed by atoms with Gasteiger partial charge in [0.15, 0.2) is 0 Å². The monoisotopic (exact) mass is 330 g/mol. The Morgan fingerprint density at radius 1 is 1.15 bits per heavy atom. The van der Waals surface area contributed by atoms with Gasteiger partial charge in [0.25, 0.3) is 0 Å². The van der Waals surface area contributed by atoms with E-state index in [1.165, 1.54) is 18.2 Å². The smallest absolute Gasteiger partial charge is 0.242 e. The summed E-state index contributed by atoms with van der Waals surface area (Å²) in [6.45, 7) is 1.74. The number of sulfonamides is 1. The second kappa shape index (κ2) is 6.10. The van der Waals surface area contributed by atoms with Crippen LogP contribution in [0.25, 0.3) is 0 Å². The van der Waals surface area contributed by atoms with E-state index in [0.29, 0.717) is 5.02 Å². The molecule has 1 heterocycles. The third-order valence-electron chi connectivity index (χ3n) is 2.72. The van der Waals surface area contributed by atoms with E-state index in [9.17, 15) is 8.42 Å². The zero-order valence-electron chi connectivity index (χ0n) is 10.5. The van der Waals surface area contributed by atoms with Gasteiger partial charge >= 0.3 is 0 Å². The summed E-state index contributed by atoms with van der Waals surface area (Å²) < 4.78 is 27.2. The van der Waals surface area contributed by atoms with Gasteiger partial charge in [-0.1, -0.05) is 23.2 Å². The lowest BCUT2D eigenvalue weighted by atomic mass is 10.1. The fourth-order valence-corrected chi connectivity index (χ4v) is 3.69. The molecule has 20 heavy (non-hydrogen) atoms. The number of hydrogen-bond donors (Lipinski definition) is 1. The number of hydrogen-bond acceptors (Lipinski definition) is 3. The maximum absolute atomic E-state index is 12.3. The first-order valence-electron chi connectivity index (χ1n) is 5.77. The van der Waals surface area contributed by atoms with Gasteiger partial charge in [-0.3, -0.25) is 4.98 Å². The topological polar surface area (TPSA) is 59.1 Å². The summed E-state index contributed by atoms with van der Waals surface area (Å²) in [5, 5.41) is 0.440. The molecule has 1 N–H and O–H groups in total. The average Bonchev–Trinajstić information content (AvgIpc) is 2.42. The molecule has 0 amide bonds. The molecule has 1 aromatic carbocycles. The highest BCUT2D eigenvalue weighted by atomic mass is 35.5. The molecule has 0 spiro atoms. The first kappa shape index (κ1) is 15.3. The summed E-state index contributed by atoms with van der Waals surface area (Å²) in [6.07, 6.45) is 3.21. The van der Waals surface area contributed by atoms with E-state index in [4.69, 9.17) is 23.2 Å². The second-order valence-corrected chi connectivity index (χ2v) is 6.72. The maximum Gasteiger partial charge on any atom is 0.242 e. The normalized spacial score (nSPS) is 13.2. The van der Waals surface area contributed by atoms with Crippen LogP contribution >= 0.6 is 23.2 Å². The van der Waals surface area contributed by atoms with E-state index in [1.54, 1.807) is 31.5 Å². The molecule has 7 heteroatoms. The Labute approximate surface area is 127 Å². The summed E-state index contributed by atoms with van der Waals surface area (Å²) >= 11 is 11.7. The lowest BCUT2D eigenvalue weighted by Crippen LogP contribution is -2.27. The van der Waals surface area contributed by atoms with Crippen LogP contribution in [0, 0.1) is 0 Å². The maximum atomic E-state index is 12.3. The van der Waals surface area contributed by atoms with Gasteiger partial charge < -0.3 is 0 Å². The first-order chi connectivity index (χ1) is 9.40. The van der Waals surface area contributed by atoms with Crippen LogP contribution in [0.4, 0.5) is 0 Å². The molecule has 0 saturated heterocycles. The van der Waals surface area contributed by atoms with Crippen molar-refractivity contribution in [2.24, 2.45) is 0 Å². The van der Waals surface area contributed by atoms with Crippen molar-refractivity contribution in [1.29, 1.82) is 0 Å². The first-order valence-corrected chi connectivity index (χ1v) is 8.01. The van der Waals surface area contributed by atoms with Gasteiger partial charge in [0.2, 0.25) is 10.0 Å². The predicted molar refractivity (Wildman–Crippen MR) is 79.4 cm³/mol. The van der Waals surface area contributed by atoms with E-state index in [-0.39, 0.29) is 9.92 Å². The number of pyridine rings is 1. The molecule has 0 unspecified atom stereocenters. The van der Waals surface area contributed by atoms with E-state index in [1.807, 2.05) is 0 Å². The zero-order chi connectivity index (χ0) is 14.8. The molecule has 4 nitrogen and oxygen atoms in total. The molecule has 0 aliphatic rings. The summed E-state index contributed by atoms with van der Waals surface area (Å²) in [6, 6.07) is 7.40. The molecule has 2 aromatic rings. The van der Waals surface area contributed by atoms with Gasteiger partial charge in [-0.2, -0.15) is 0 Å². The highest BCUT2D eigenvalue weighted by Gasteiger charge is 2.21. The molecule has 1 atom stereocenters. The number of aromatic nitrogens is 1. The molecular weight excluding hydrogens is 319 g/mol. The summed E-state index contributed by atoms with van der Waals surface area (Å²) in [7, 11) is -3.75. The van der Waals surface area contributed by atoms with Crippen LogP contribution in [0.15, 0.2) is 47.6 Å². The molecule has 0 fully saturated rings. The van der Waals surface area contributed by atoms with Crippen molar-refractivity contribution in [1.82, 2.24) is 9.71 Å². The standard InChI is InChI=1S/C13H12Cl2N2O2S/c1-9(10-4-6-16-7-5-10)17-20(18,19)13-8-11(14)2-3-12(13)15/h2-9,17H,1H3/t9-/m0/s1. The molecule has 106 valence electrons. The number of rotatable bonds is 4. The van der Waals surface area contributed by atoms with Gasteiger partial charge in [0, 0.05) is 23.5 Å². The summed E-state index contributed by atoms with van der Waals surface area (Å²) in [4.78, 5) is 3.86. The molecule has 0 aliphatic heterocycles. The predicted octanol–water partition coefficient (Wildman–Crippen LogP) is 3.43. The Balaban J connectivity index is 2.30. The fourth-order valence-electron chi connectivity index (χ4n) is 1.70. The van der Waals surface area contributed by atoms with E-state index in [0.717, 1.165) is 5.56 Å². The minimum atomic E-state index is -3.75. The van der Waals surface area contributed by atoms with Crippen LogP contribution < -0.4 is 4.72 Å². The van der Waals surface area contributed by atoms with Gasteiger partial charge in [-0.25, -0.2) is 13.1 Å². The molecule has 0 radical (unpaired) electrons. The van der Waals surface area contributed by atoms with Gasteiger partial charge in [-0.15, -0.1) is 0 Å². The van der Waals surface area contributed by atoms with E-state index in [2.05, 4.69) is 9.71 Å². The Kier molecular flexibility index (Phi) is 4.65. The highest BCUT2D eigenvalue weighted by Crippen LogP contribution is 2.26. The lowest BCUT2D eigenvalue weighted by molar-refractivity contribution is 0.567. The Hall–Kier alpha value is -1.14. The quantitative estimate of drug-likeness (QED) is 0.934. The summed E-state index contributed by atoms with van der Waals surface area (Å²) in [5.74, 6) is 0. The molecule has 0 saturated carbocycles. The van der Waals surface area contributed by atoms with Crippen LogP contribution in [0.3, 0.4) is 0 Å². The van der Waals surface area contributed by atoms with Gasteiger partial charge in [0.1, 0.15) is 4.90 Å². The van der Waals surface area contributed by atoms with Crippen LogP contribution in [0.2, 0.25) is 10.0 Å². The average molecular weight is 331 g/mol. The lowest BCUT2D eigenvalue weighted by Gasteiger charge is -2.15. The highest BCUT2D eigenvalue weighted by molar-refractivity contribution is 7.89. The largest absolute Gasteiger partial charge is 0.265 e. The Morgan fingerprint density at radius 3 is 2.45 bits per heavy atom. The third-order valence-corrected chi connectivity index (χ3v) is 4.98. The minimum Gasteiger partial charge on any atom is -0.265 e. The number of halogens is 2. The number of nitrogens with one attached hydrogen (secondary N) is 1. The molecule has 1 aromatic heterocycles. The van der Waals surface area contributed by atoms with Gasteiger partial charge in [0.05, 0.1) is 5.02 Å². The Bertz CT molecular complexity index is 706. The second-order valence-electron chi connectivity index (χ2n) is 4.20.